The number of nitrogens with zero attached hydrogens (tertiary/aromatic N) is 3. The summed E-state index contributed by atoms with van der Waals surface area (Å²) in [6.07, 6.45) is 0. The Morgan fingerprint density at radius 2 is 1.68 bits per heavy atom. The van der Waals surface area contributed by atoms with Crippen LogP contribution in [0.4, 0.5) is 5.82 Å². The largest absolute Gasteiger partial charge is 0.497 e. The van der Waals surface area contributed by atoms with Gasteiger partial charge < -0.3 is 19.5 Å². The SMILES string of the molecule is COc1ccc(-n2nnc(C(C)=O)c2NCc2cc(OC)ccc2OC)cc1. The molecule has 146 valence electrons. The summed E-state index contributed by atoms with van der Waals surface area (Å²) >= 11 is 0. The van der Waals surface area contributed by atoms with E-state index < -0.39 is 0 Å². The summed E-state index contributed by atoms with van der Waals surface area (Å²) in [6.45, 7) is 1.85. The number of carbonyl (C=O) groups is 1. The second-order valence-electron chi connectivity index (χ2n) is 5.98. The Kier molecular flexibility index (Phi) is 5.78. The number of methoxy groups -OCH3 is 3. The maximum atomic E-state index is 12.0. The molecule has 1 N–H and O–H groups in total. The van der Waals surface area contributed by atoms with Crippen LogP contribution in [0.25, 0.3) is 5.69 Å². The van der Waals surface area contributed by atoms with Crippen LogP contribution in [0.5, 0.6) is 17.2 Å². The lowest BCUT2D eigenvalue weighted by atomic mass is 10.2. The molecule has 2 aromatic carbocycles. The number of hydrogen-bond acceptors (Lipinski definition) is 7. The lowest BCUT2D eigenvalue weighted by Gasteiger charge is -2.14. The molecule has 0 aliphatic heterocycles. The molecule has 28 heavy (non-hydrogen) atoms. The maximum Gasteiger partial charge on any atom is 0.183 e. The monoisotopic (exact) mass is 382 g/mol. The highest BCUT2D eigenvalue weighted by molar-refractivity contribution is 5.96. The quantitative estimate of drug-likeness (QED) is 0.599. The van der Waals surface area contributed by atoms with Crippen LogP contribution in [0.2, 0.25) is 0 Å². The zero-order valence-electron chi connectivity index (χ0n) is 16.2. The second-order valence-corrected chi connectivity index (χ2v) is 5.98. The molecule has 3 rings (SSSR count). The van der Waals surface area contributed by atoms with Crippen molar-refractivity contribution in [3.63, 3.8) is 0 Å². The molecule has 0 bridgehead atoms. The van der Waals surface area contributed by atoms with Gasteiger partial charge in [-0.1, -0.05) is 5.21 Å². The van der Waals surface area contributed by atoms with Gasteiger partial charge in [0.2, 0.25) is 0 Å². The van der Waals surface area contributed by atoms with Gasteiger partial charge in [-0.25, -0.2) is 0 Å². The second kappa shape index (κ2) is 8.43. The van der Waals surface area contributed by atoms with Gasteiger partial charge in [-0.05, 0) is 42.5 Å². The summed E-state index contributed by atoms with van der Waals surface area (Å²) in [4.78, 5) is 12.0. The maximum absolute atomic E-state index is 12.0. The van der Waals surface area contributed by atoms with Gasteiger partial charge in [0.25, 0.3) is 0 Å². The molecule has 1 heterocycles. The first-order valence-electron chi connectivity index (χ1n) is 8.63. The Balaban J connectivity index is 1.94. The summed E-state index contributed by atoms with van der Waals surface area (Å²) < 4.78 is 17.5. The minimum atomic E-state index is -0.181. The summed E-state index contributed by atoms with van der Waals surface area (Å²) in [5, 5.41) is 11.4. The Bertz CT molecular complexity index is 967. The van der Waals surface area contributed by atoms with Crippen molar-refractivity contribution < 1.29 is 19.0 Å². The molecular formula is C20H22N4O4. The Morgan fingerprint density at radius 3 is 2.29 bits per heavy atom. The van der Waals surface area contributed by atoms with Crippen LogP contribution in [0.1, 0.15) is 23.0 Å². The smallest absolute Gasteiger partial charge is 0.183 e. The van der Waals surface area contributed by atoms with Crippen LogP contribution in [-0.2, 0) is 6.54 Å². The minimum absolute atomic E-state index is 0.181. The molecule has 0 spiro atoms. The molecule has 0 unspecified atom stereocenters. The van der Waals surface area contributed by atoms with E-state index in [1.165, 1.54) is 6.92 Å². The number of aromatic nitrogens is 3. The first-order valence-corrected chi connectivity index (χ1v) is 8.63. The average Bonchev–Trinajstić information content (AvgIpc) is 3.16. The summed E-state index contributed by atoms with van der Waals surface area (Å²) in [7, 11) is 4.82. The van der Waals surface area contributed by atoms with Gasteiger partial charge in [-0.3, -0.25) is 4.79 Å². The van der Waals surface area contributed by atoms with Crippen molar-refractivity contribution in [1.29, 1.82) is 0 Å². The summed E-state index contributed by atoms with van der Waals surface area (Å²) in [5.41, 5.74) is 1.89. The van der Waals surface area contributed by atoms with Crippen molar-refractivity contribution >= 4 is 11.6 Å². The fourth-order valence-electron chi connectivity index (χ4n) is 2.78. The number of nitrogens with one attached hydrogen (secondary N) is 1. The average molecular weight is 382 g/mol. The molecule has 0 aliphatic carbocycles. The number of anilines is 1. The number of carbonyl (C=O) groups excluding carboxylic acids is 1. The van der Waals surface area contributed by atoms with Crippen LogP contribution in [0, 0.1) is 0 Å². The van der Waals surface area contributed by atoms with Crippen LogP contribution >= 0.6 is 0 Å². The number of Topliss-reactive ketones (excluding diaryl/α,β-unsaturated/α-hetero) is 1. The van der Waals surface area contributed by atoms with E-state index in [9.17, 15) is 4.79 Å². The number of ketones is 1. The van der Waals surface area contributed by atoms with Gasteiger partial charge in [-0.2, -0.15) is 4.68 Å². The predicted molar refractivity (Wildman–Crippen MR) is 105 cm³/mol. The van der Waals surface area contributed by atoms with Crippen LogP contribution in [0.3, 0.4) is 0 Å². The van der Waals surface area contributed by atoms with Crippen LogP contribution in [-0.4, -0.2) is 42.1 Å². The molecule has 3 aromatic rings. The fourth-order valence-corrected chi connectivity index (χ4v) is 2.78. The number of rotatable bonds is 8. The van der Waals surface area contributed by atoms with Gasteiger partial charge in [-0.15, -0.1) is 5.10 Å². The van der Waals surface area contributed by atoms with Crippen molar-refractivity contribution in [2.75, 3.05) is 26.6 Å². The van der Waals surface area contributed by atoms with E-state index in [-0.39, 0.29) is 11.5 Å². The van der Waals surface area contributed by atoms with Crippen molar-refractivity contribution in [2.24, 2.45) is 0 Å². The van der Waals surface area contributed by atoms with Gasteiger partial charge >= 0.3 is 0 Å². The molecule has 0 saturated carbocycles. The predicted octanol–water partition coefficient (Wildman–Crippen LogP) is 3.11. The lowest BCUT2D eigenvalue weighted by Crippen LogP contribution is -2.10. The van der Waals surface area contributed by atoms with Gasteiger partial charge in [0.15, 0.2) is 17.3 Å². The van der Waals surface area contributed by atoms with Crippen molar-refractivity contribution in [3.05, 3.63) is 53.7 Å². The van der Waals surface area contributed by atoms with E-state index >= 15 is 0 Å². The van der Waals surface area contributed by atoms with Gasteiger partial charge in [0.05, 0.1) is 27.0 Å². The first-order chi connectivity index (χ1) is 13.6. The van der Waals surface area contributed by atoms with Crippen molar-refractivity contribution in [2.45, 2.75) is 13.5 Å². The molecule has 8 nitrogen and oxygen atoms in total. The molecule has 0 radical (unpaired) electrons. The number of benzene rings is 2. The molecular weight excluding hydrogens is 360 g/mol. The molecule has 8 heteroatoms. The Labute approximate surface area is 163 Å². The highest BCUT2D eigenvalue weighted by Crippen LogP contribution is 2.26. The highest BCUT2D eigenvalue weighted by Gasteiger charge is 2.18. The summed E-state index contributed by atoms with van der Waals surface area (Å²) in [6, 6.07) is 12.9. The van der Waals surface area contributed by atoms with Gasteiger partial charge in [0.1, 0.15) is 17.2 Å². The normalized spacial score (nSPS) is 10.4. The van der Waals surface area contributed by atoms with Crippen molar-refractivity contribution in [3.8, 4) is 22.9 Å². The third kappa shape index (κ3) is 3.90. The summed E-state index contributed by atoms with van der Waals surface area (Å²) in [5.74, 6) is 2.47. The Morgan fingerprint density at radius 1 is 1.00 bits per heavy atom. The minimum Gasteiger partial charge on any atom is -0.497 e. The molecule has 0 amide bonds. The van der Waals surface area contributed by atoms with E-state index in [4.69, 9.17) is 14.2 Å². The highest BCUT2D eigenvalue weighted by atomic mass is 16.5. The number of hydrogen-bond donors (Lipinski definition) is 1. The van der Waals surface area contributed by atoms with Crippen LogP contribution < -0.4 is 19.5 Å². The zero-order valence-corrected chi connectivity index (χ0v) is 16.2. The molecule has 0 atom stereocenters. The van der Waals surface area contributed by atoms with Crippen LogP contribution in [0.15, 0.2) is 42.5 Å². The van der Waals surface area contributed by atoms with Crippen molar-refractivity contribution in [1.82, 2.24) is 15.0 Å². The van der Waals surface area contributed by atoms with E-state index in [1.54, 1.807) is 26.0 Å². The lowest BCUT2D eigenvalue weighted by molar-refractivity contribution is 0.101. The molecule has 0 saturated heterocycles. The molecule has 1 aromatic heterocycles. The van der Waals surface area contributed by atoms with E-state index in [0.29, 0.717) is 23.9 Å². The van der Waals surface area contributed by atoms with Gasteiger partial charge in [0, 0.05) is 19.0 Å². The molecule has 0 aliphatic rings. The topological polar surface area (TPSA) is 87.5 Å². The third-order valence-corrected chi connectivity index (χ3v) is 4.25. The van der Waals surface area contributed by atoms with E-state index in [1.807, 2.05) is 42.5 Å². The van der Waals surface area contributed by atoms with E-state index in [2.05, 4.69) is 15.6 Å². The third-order valence-electron chi connectivity index (χ3n) is 4.25. The van der Waals surface area contributed by atoms with E-state index in [0.717, 1.165) is 17.0 Å². The zero-order chi connectivity index (χ0) is 20.1. The Hall–Kier alpha value is -3.55. The first kappa shape index (κ1) is 19.2. The standard InChI is InChI=1S/C20H22N4O4/c1-13(25)19-20(21-12-14-11-17(27-3)9-10-18(14)28-4)24(23-22-19)15-5-7-16(26-2)8-6-15/h5-11,21H,12H2,1-4H3. The fraction of sp³-hybridized carbons (Fsp3) is 0.250. The number of ether oxygens (including phenoxy) is 3. The molecule has 0 fully saturated rings.